The van der Waals surface area contributed by atoms with E-state index in [1.807, 2.05) is 6.07 Å². The third-order valence-corrected chi connectivity index (χ3v) is 4.24. The number of nitrogens with zero attached hydrogens (tertiary/aromatic N) is 2. The van der Waals surface area contributed by atoms with Crippen LogP contribution in [0.4, 0.5) is 0 Å². The summed E-state index contributed by atoms with van der Waals surface area (Å²) in [5.74, 6) is 1.47. The Bertz CT molecular complexity index is 588. The molecule has 1 aliphatic carbocycles. The van der Waals surface area contributed by atoms with Gasteiger partial charge in [-0.1, -0.05) is 6.42 Å². The Kier molecular flexibility index (Phi) is 2.62. The molecule has 1 saturated carbocycles. The number of fused-ring (bicyclic) bond motifs is 1. The van der Waals surface area contributed by atoms with Gasteiger partial charge < -0.3 is 9.73 Å². The molecule has 1 N–H and O–H groups in total. The van der Waals surface area contributed by atoms with Crippen LogP contribution in [-0.4, -0.2) is 16.5 Å². The summed E-state index contributed by atoms with van der Waals surface area (Å²) in [4.78, 5) is 9.59. The van der Waals surface area contributed by atoms with Gasteiger partial charge in [-0.15, -0.1) is 0 Å². The molecular weight excluding hydrogens is 238 g/mol. The van der Waals surface area contributed by atoms with Crippen molar-refractivity contribution in [2.75, 3.05) is 6.54 Å². The van der Waals surface area contributed by atoms with Gasteiger partial charge in [-0.25, -0.2) is 9.97 Å². The highest BCUT2D eigenvalue weighted by Crippen LogP contribution is 2.38. The van der Waals surface area contributed by atoms with Gasteiger partial charge in [0.25, 0.3) is 0 Å². The minimum Gasteiger partial charge on any atom is -0.472 e. The van der Waals surface area contributed by atoms with E-state index in [9.17, 15) is 0 Å². The average Bonchev–Trinajstić information content (AvgIpc) is 2.90. The van der Waals surface area contributed by atoms with E-state index in [-0.39, 0.29) is 0 Å². The molecule has 2 aromatic rings. The first-order chi connectivity index (χ1) is 9.42. The van der Waals surface area contributed by atoms with Crippen LogP contribution in [-0.2, 0) is 13.0 Å². The molecule has 0 atom stereocenters. The normalized spacial score (nSPS) is 18.9. The number of nitrogens with one attached hydrogen (secondary N) is 1. The van der Waals surface area contributed by atoms with Crippen LogP contribution in [0.1, 0.15) is 42.1 Å². The van der Waals surface area contributed by atoms with Crippen molar-refractivity contribution >= 4 is 0 Å². The first-order valence-corrected chi connectivity index (χ1v) is 7.05. The van der Waals surface area contributed by atoms with Gasteiger partial charge in [-0.05, 0) is 18.9 Å². The predicted molar refractivity (Wildman–Crippen MR) is 71.7 cm³/mol. The first-order valence-electron chi connectivity index (χ1n) is 7.05. The maximum absolute atomic E-state index is 5.16. The van der Waals surface area contributed by atoms with Crippen LogP contribution in [0.25, 0.3) is 11.4 Å². The molecule has 0 bridgehead atoms. The van der Waals surface area contributed by atoms with Crippen LogP contribution in [0.2, 0.25) is 0 Å². The molecular formula is C15H17N3O. The molecule has 19 heavy (non-hydrogen) atoms. The van der Waals surface area contributed by atoms with E-state index < -0.39 is 0 Å². The maximum atomic E-state index is 5.16. The summed E-state index contributed by atoms with van der Waals surface area (Å²) in [6.45, 7) is 1.94. The summed E-state index contributed by atoms with van der Waals surface area (Å²) in [5.41, 5.74) is 4.84. The van der Waals surface area contributed by atoms with Crippen LogP contribution < -0.4 is 5.32 Å². The molecule has 98 valence electrons. The third-order valence-electron chi connectivity index (χ3n) is 4.24. The van der Waals surface area contributed by atoms with Gasteiger partial charge in [-0.2, -0.15) is 0 Å². The van der Waals surface area contributed by atoms with Crippen molar-refractivity contribution in [3.8, 4) is 11.4 Å². The minimum absolute atomic E-state index is 0.641. The van der Waals surface area contributed by atoms with Crippen molar-refractivity contribution in [2.24, 2.45) is 0 Å². The van der Waals surface area contributed by atoms with Crippen molar-refractivity contribution in [3.05, 3.63) is 35.5 Å². The Labute approximate surface area is 112 Å². The van der Waals surface area contributed by atoms with Gasteiger partial charge in [0.1, 0.15) is 6.26 Å². The second kappa shape index (κ2) is 4.46. The Hall–Kier alpha value is -1.68. The zero-order valence-electron chi connectivity index (χ0n) is 10.9. The highest BCUT2D eigenvalue weighted by Gasteiger charge is 2.27. The number of hydrogen-bond acceptors (Lipinski definition) is 4. The molecule has 4 nitrogen and oxygen atoms in total. The van der Waals surface area contributed by atoms with Crippen molar-refractivity contribution < 1.29 is 4.42 Å². The summed E-state index contributed by atoms with van der Waals surface area (Å²) in [6, 6.07) is 1.94. The molecule has 0 saturated heterocycles. The predicted octanol–water partition coefficient (Wildman–Crippen LogP) is 2.65. The molecule has 3 heterocycles. The SMILES string of the molecule is c1cc(-c2nc3c(c(C4CCC4)n2)CNCC3)co1. The zero-order chi connectivity index (χ0) is 12.7. The van der Waals surface area contributed by atoms with Crippen LogP contribution in [0.3, 0.4) is 0 Å². The lowest BCUT2D eigenvalue weighted by Crippen LogP contribution is -2.28. The zero-order valence-corrected chi connectivity index (χ0v) is 10.9. The molecule has 1 aliphatic heterocycles. The lowest BCUT2D eigenvalue weighted by Gasteiger charge is -2.29. The van der Waals surface area contributed by atoms with Gasteiger partial charge in [0, 0.05) is 31.0 Å². The van der Waals surface area contributed by atoms with E-state index in [4.69, 9.17) is 14.4 Å². The van der Waals surface area contributed by atoms with Crippen molar-refractivity contribution in [2.45, 2.75) is 38.1 Å². The Morgan fingerprint density at radius 3 is 2.95 bits per heavy atom. The Morgan fingerprint density at radius 2 is 2.21 bits per heavy atom. The van der Waals surface area contributed by atoms with Crippen molar-refractivity contribution in [1.29, 1.82) is 0 Å². The van der Waals surface area contributed by atoms with Crippen molar-refractivity contribution in [1.82, 2.24) is 15.3 Å². The molecule has 0 unspecified atom stereocenters. The summed E-state index contributed by atoms with van der Waals surface area (Å²) in [6.07, 6.45) is 8.29. The summed E-state index contributed by atoms with van der Waals surface area (Å²) < 4.78 is 5.16. The van der Waals surface area contributed by atoms with Crippen molar-refractivity contribution in [3.63, 3.8) is 0 Å². The lowest BCUT2D eigenvalue weighted by molar-refractivity contribution is 0.404. The smallest absolute Gasteiger partial charge is 0.162 e. The highest BCUT2D eigenvalue weighted by atomic mass is 16.3. The number of hydrogen-bond donors (Lipinski definition) is 1. The van der Waals surface area contributed by atoms with Gasteiger partial charge in [0.15, 0.2) is 5.82 Å². The molecule has 0 aromatic carbocycles. The van der Waals surface area contributed by atoms with Crippen LogP contribution in [0.5, 0.6) is 0 Å². The molecule has 4 rings (SSSR count). The number of rotatable bonds is 2. The van der Waals surface area contributed by atoms with Gasteiger partial charge in [-0.3, -0.25) is 0 Å². The largest absolute Gasteiger partial charge is 0.472 e. The van der Waals surface area contributed by atoms with Crippen LogP contribution in [0, 0.1) is 0 Å². The number of aromatic nitrogens is 2. The molecule has 1 fully saturated rings. The maximum Gasteiger partial charge on any atom is 0.162 e. The Morgan fingerprint density at radius 1 is 1.26 bits per heavy atom. The Balaban J connectivity index is 1.85. The fourth-order valence-electron chi connectivity index (χ4n) is 2.91. The molecule has 2 aromatic heterocycles. The fourth-order valence-corrected chi connectivity index (χ4v) is 2.91. The fraction of sp³-hybridized carbons (Fsp3) is 0.467. The molecule has 0 amide bonds. The topological polar surface area (TPSA) is 51.0 Å². The summed E-state index contributed by atoms with van der Waals surface area (Å²) in [7, 11) is 0. The average molecular weight is 255 g/mol. The van der Waals surface area contributed by atoms with Gasteiger partial charge in [0.2, 0.25) is 0 Å². The second-order valence-corrected chi connectivity index (χ2v) is 5.42. The minimum atomic E-state index is 0.641. The van der Waals surface area contributed by atoms with Gasteiger partial charge >= 0.3 is 0 Å². The van der Waals surface area contributed by atoms with E-state index in [0.29, 0.717) is 5.92 Å². The first kappa shape index (κ1) is 11.2. The van der Waals surface area contributed by atoms with E-state index in [2.05, 4.69) is 5.32 Å². The lowest BCUT2D eigenvalue weighted by atomic mass is 9.80. The second-order valence-electron chi connectivity index (χ2n) is 5.42. The monoisotopic (exact) mass is 255 g/mol. The molecule has 0 spiro atoms. The van der Waals surface area contributed by atoms with Gasteiger partial charge in [0.05, 0.1) is 23.2 Å². The quantitative estimate of drug-likeness (QED) is 0.896. The van der Waals surface area contributed by atoms with E-state index >= 15 is 0 Å². The summed E-state index contributed by atoms with van der Waals surface area (Å²) >= 11 is 0. The van der Waals surface area contributed by atoms with E-state index in [1.54, 1.807) is 12.5 Å². The standard InChI is InChI=1S/C15H17N3O/c1-2-10(3-1)14-12-8-16-6-4-13(12)17-15(18-14)11-5-7-19-9-11/h5,7,9-10,16H,1-4,6,8H2. The molecule has 4 heteroatoms. The van der Waals surface area contributed by atoms with Crippen LogP contribution in [0.15, 0.2) is 23.0 Å². The van der Waals surface area contributed by atoms with E-state index in [0.717, 1.165) is 30.9 Å². The highest BCUT2D eigenvalue weighted by molar-refractivity contribution is 5.54. The molecule has 0 radical (unpaired) electrons. The van der Waals surface area contributed by atoms with E-state index in [1.165, 1.54) is 36.2 Å². The third kappa shape index (κ3) is 1.87. The summed E-state index contributed by atoms with van der Waals surface area (Å²) in [5, 5.41) is 3.44. The molecule has 2 aliphatic rings. The number of furan rings is 1. The van der Waals surface area contributed by atoms with Crippen LogP contribution >= 0.6 is 0 Å².